The Balaban J connectivity index is 2.37. The molecule has 2 atom stereocenters. The summed E-state index contributed by atoms with van der Waals surface area (Å²) in [5, 5.41) is 0. The van der Waals surface area contributed by atoms with Gasteiger partial charge in [-0.05, 0) is 33.1 Å². The SMILES string of the molecule is CCOC(=O)C1(C(=O)OCC)CC2CCC(=O)C(C1)C2=O. The predicted molar refractivity (Wildman–Crippen MR) is 71.2 cm³/mol. The highest BCUT2D eigenvalue weighted by Gasteiger charge is 2.59. The van der Waals surface area contributed by atoms with E-state index in [4.69, 9.17) is 9.47 Å². The quantitative estimate of drug-likeness (QED) is 0.569. The highest BCUT2D eigenvalue weighted by Crippen LogP contribution is 2.47. The van der Waals surface area contributed by atoms with E-state index in [2.05, 4.69) is 0 Å². The molecule has 2 fully saturated rings. The highest BCUT2D eigenvalue weighted by atomic mass is 16.6. The normalized spacial score (nSPS) is 27.1. The molecule has 0 radical (unpaired) electrons. The van der Waals surface area contributed by atoms with Crippen LogP contribution in [-0.4, -0.2) is 36.7 Å². The Morgan fingerprint density at radius 3 is 2.19 bits per heavy atom. The first-order valence-corrected chi connectivity index (χ1v) is 7.37. The molecule has 6 nitrogen and oxygen atoms in total. The monoisotopic (exact) mass is 296 g/mol. The second-order valence-corrected chi connectivity index (χ2v) is 5.59. The van der Waals surface area contributed by atoms with Crippen LogP contribution in [0.3, 0.4) is 0 Å². The molecule has 21 heavy (non-hydrogen) atoms. The number of ether oxygens (including phenoxy) is 2. The van der Waals surface area contributed by atoms with Crippen molar-refractivity contribution in [3.05, 3.63) is 0 Å². The largest absolute Gasteiger partial charge is 0.465 e. The van der Waals surface area contributed by atoms with Crippen LogP contribution in [0.4, 0.5) is 0 Å². The third-order valence-corrected chi connectivity index (χ3v) is 4.35. The van der Waals surface area contributed by atoms with E-state index < -0.39 is 29.2 Å². The molecule has 2 aliphatic carbocycles. The predicted octanol–water partition coefficient (Wildman–Crippen LogP) is 1.06. The van der Waals surface area contributed by atoms with E-state index in [1.165, 1.54) is 0 Å². The van der Waals surface area contributed by atoms with Crippen LogP contribution >= 0.6 is 0 Å². The molecule has 0 N–H and O–H groups in total. The second-order valence-electron chi connectivity index (χ2n) is 5.59. The smallest absolute Gasteiger partial charge is 0.323 e. The van der Waals surface area contributed by atoms with Crippen molar-refractivity contribution in [1.82, 2.24) is 0 Å². The Hall–Kier alpha value is -1.72. The van der Waals surface area contributed by atoms with E-state index >= 15 is 0 Å². The average molecular weight is 296 g/mol. The summed E-state index contributed by atoms with van der Waals surface area (Å²) in [7, 11) is 0. The van der Waals surface area contributed by atoms with Gasteiger partial charge in [0.2, 0.25) is 0 Å². The van der Waals surface area contributed by atoms with Gasteiger partial charge in [0.25, 0.3) is 0 Å². The number of rotatable bonds is 4. The van der Waals surface area contributed by atoms with Crippen LogP contribution in [-0.2, 0) is 28.7 Å². The molecule has 0 aromatic rings. The third-order valence-electron chi connectivity index (χ3n) is 4.35. The molecule has 2 aliphatic rings. The number of hydrogen-bond donors (Lipinski definition) is 0. The summed E-state index contributed by atoms with van der Waals surface area (Å²) < 4.78 is 10.1. The van der Waals surface area contributed by atoms with Crippen molar-refractivity contribution in [3.8, 4) is 0 Å². The van der Waals surface area contributed by atoms with E-state index in [1.807, 2.05) is 0 Å². The summed E-state index contributed by atoms with van der Waals surface area (Å²) in [5.41, 5.74) is -1.51. The van der Waals surface area contributed by atoms with Crippen molar-refractivity contribution in [2.45, 2.75) is 39.5 Å². The maximum atomic E-state index is 12.3. The van der Waals surface area contributed by atoms with Gasteiger partial charge in [0.15, 0.2) is 5.41 Å². The fraction of sp³-hybridized carbons (Fsp3) is 0.733. The van der Waals surface area contributed by atoms with Crippen LogP contribution in [0.2, 0.25) is 0 Å². The summed E-state index contributed by atoms with van der Waals surface area (Å²) in [6.45, 7) is 3.57. The Bertz CT molecular complexity index is 463. The zero-order valence-corrected chi connectivity index (χ0v) is 12.3. The van der Waals surface area contributed by atoms with E-state index in [0.717, 1.165) is 0 Å². The lowest BCUT2D eigenvalue weighted by Crippen LogP contribution is -2.54. The van der Waals surface area contributed by atoms with Gasteiger partial charge in [-0.2, -0.15) is 0 Å². The summed E-state index contributed by atoms with van der Waals surface area (Å²) in [5.74, 6) is -2.99. The highest BCUT2D eigenvalue weighted by molar-refractivity contribution is 6.10. The molecule has 2 bridgehead atoms. The van der Waals surface area contributed by atoms with Crippen molar-refractivity contribution in [2.75, 3.05) is 13.2 Å². The van der Waals surface area contributed by atoms with Gasteiger partial charge in [0.05, 0.1) is 19.1 Å². The van der Waals surface area contributed by atoms with Gasteiger partial charge in [0.1, 0.15) is 11.6 Å². The van der Waals surface area contributed by atoms with Crippen LogP contribution < -0.4 is 0 Å². The fourth-order valence-electron chi connectivity index (χ4n) is 3.30. The average Bonchev–Trinajstić information content (AvgIpc) is 2.44. The molecule has 0 amide bonds. The summed E-state index contributed by atoms with van der Waals surface area (Å²) in [6.07, 6.45) is 0.712. The summed E-state index contributed by atoms with van der Waals surface area (Å²) >= 11 is 0. The molecule has 0 aromatic heterocycles. The molecule has 0 heterocycles. The van der Waals surface area contributed by atoms with Crippen molar-refractivity contribution < 1.29 is 28.7 Å². The number of hydrogen-bond acceptors (Lipinski definition) is 6. The maximum Gasteiger partial charge on any atom is 0.323 e. The van der Waals surface area contributed by atoms with Gasteiger partial charge in [-0.25, -0.2) is 0 Å². The van der Waals surface area contributed by atoms with Gasteiger partial charge < -0.3 is 9.47 Å². The lowest BCUT2D eigenvalue weighted by molar-refractivity contribution is -0.179. The van der Waals surface area contributed by atoms with Gasteiger partial charge in [-0.3, -0.25) is 19.2 Å². The van der Waals surface area contributed by atoms with Crippen molar-refractivity contribution in [1.29, 1.82) is 0 Å². The first-order valence-electron chi connectivity index (χ1n) is 7.37. The van der Waals surface area contributed by atoms with Crippen LogP contribution in [0.25, 0.3) is 0 Å². The zero-order chi connectivity index (χ0) is 15.6. The van der Waals surface area contributed by atoms with Gasteiger partial charge in [-0.1, -0.05) is 0 Å². The van der Waals surface area contributed by atoms with E-state index in [9.17, 15) is 19.2 Å². The van der Waals surface area contributed by atoms with Gasteiger partial charge in [0, 0.05) is 12.3 Å². The second kappa shape index (κ2) is 5.95. The lowest BCUT2D eigenvalue weighted by Gasteiger charge is -2.41. The van der Waals surface area contributed by atoms with E-state index in [-0.39, 0.29) is 37.6 Å². The minimum atomic E-state index is -1.51. The molecule has 0 spiro atoms. The molecule has 2 saturated carbocycles. The minimum absolute atomic E-state index is 0.0906. The van der Waals surface area contributed by atoms with Crippen LogP contribution in [0.5, 0.6) is 0 Å². The summed E-state index contributed by atoms with van der Waals surface area (Å²) in [6, 6.07) is 0. The number of carbonyl (C=O) groups is 4. The fourth-order valence-corrected chi connectivity index (χ4v) is 3.30. The van der Waals surface area contributed by atoms with E-state index in [1.54, 1.807) is 13.8 Å². The Morgan fingerprint density at radius 2 is 1.67 bits per heavy atom. The molecular weight excluding hydrogens is 276 g/mol. The molecule has 6 heteroatoms. The minimum Gasteiger partial charge on any atom is -0.465 e. The molecular formula is C15H20O6. The Morgan fingerprint density at radius 1 is 1.10 bits per heavy atom. The Labute approximate surface area is 123 Å². The standard InChI is InChI=1S/C15H20O6/c1-3-20-13(18)15(14(19)21-4-2)7-9-5-6-11(16)10(8-15)12(9)17/h9-10H,3-8H2,1-2H3. The van der Waals surface area contributed by atoms with E-state index in [0.29, 0.717) is 12.8 Å². The first-order chi connectivity index (χ1) is 9.96. The van der Waals surface area contributed by atoms with Gasteiger partial charge >= 0.3 is 11.9 Å². The third kappa shape index (κ3) is 2.59. The molecule has 2 rings (SSSR count). The van der Waals surface area contributed by atoms with Crippen molar-refractivity contribution >= 4 is 23.5 Å². The number of ketones is 2. The number of Topliss-reactive ketones (excluding diaryl/α,β-unsaturated/α-hetero) is 2. The zero-order valence-electron chi connectivity index (χ0n) is 12.3. The molecule has 0 aliphatic heterocycles. The molecule has 116 valence electrons. The van der Waals surface area contributed by atoms with Crippen molar-refractivity contribution in [3.63, 3.8) is 0 Å². The summed E-state index contributed by atoms with van der Waals surface area (Å²) in [4.78, 5) is 48.8. The van der Waals surface area contributed by atoms with Crippen LogP contribution in [0, 0.1) is 17.3 Å². The molecule has 2 unspecified atom stereocenters. The topological polar surface area (TPSA) is 86.7 Å². The van der Waals surface area contributed by atoms with Crippen LogP contribution in [0.1, 0.15) is 39.5 Å². The van der Waals surface area contributed by atoms with Crippen molar-refractivity contribution in [2.24, 2.45) is 17.3 Å². The number of fused-ring (bicyclic) bond motifs is 2. The van der Waals surface area contributed by atoms with Crippen LogP contribution in [0.15, 0.2) is 0 Å². The Kier molecular flexibility index (Phi) is 4.44. The number of carbonyl (C=O) groups excluding carboxylic acids is 4. The lowest BCUT2D eigenvalue weighted by atomic mass is 9.59. The maximum absolute atomic E-state index is 12.3. The number of esters is 2. The first kappa shape index (κ1) is 15.7. The molecule has 0 saturated heterocycles. The molecule has 0 aromatic carbocycles. The van der Waals surface area contributed by atoms with Gasteiger partial charge in [-0.15, -0.1) is 0 Å².